The second kappa shape index (κ2) is 2.45. The van der Waals surface area contributed by atoms with Crippen LogP contribution in [0.2, 0.25) is 0 Å². The molecule has 1 saturated heterocycles. The van der Waals surface area contributed by atoms with Crippen LogP contribution in [-0.2, 0) is 4.74 Å². The molecule has 1 rings (SSSR count). The molecular formula is C6H11ClO2. The fourth-order valence-electron chi connectivity index (χ4n) is 0.803. The van der Waals surface area contributed by atoms with Crippen LogP contribution in [0.4, 0.5) is 0 Å². The number of hydrogen-bond donors (Lipinski definition) is 1. The van der Waals surface area contributed by atoms with E-state index in [1.54, 1.807) is 0 Å². The Morgan fingerprint density at radius 3 is 2.44 bits per heavy atom. The van der Waals surface area contributed by atoms with Crippen LogP contribution in [0.3, 0.4) is 0 Å². The lowest BCUT2D eigenvalue weighted by atomic mass is 9.83. The Bertz CT molecular complexity index is 101. The molecule has 3 heteroatoms. The summed E-state index contributed by atoms with van der Waals surface area (Å²) in [6.07, 6.45) is -0.409. The van der Waals surface area contributed by atoms with Crippen molar-refractivity contribution in [3.63, 3.8) is 0 Å². The molecule has 1 heterocycles. The third-order valence-corrected chi connectivity index (χ3v) is 2.11. The van der Waals surface area contributed by atoms with E-state index in [-0.39, 0.29) is 5.41 Å². The first kappa shape index (κ1) is 7.32. The molecule has 1 N–H and O–H groups in total. The first-order chi connectivity index (χ1) is 4.19. The number of aliphatic hydroxyl groups is 1. The van der Waals surface area contributed by atoms with E-state index in [1.807, 2.05) is 6.92 Å². The summed E-state index contributed by atoms with van der Waals surface area (Å²) in [6, 6.07) is 0. The molecule has 1 aliphatic heterocycles. The third-order valence-electron chi connectivity index (χ3n) is 1.81. The molecule has 0 radical (unpaired) electrons. The van der Waals surface area contributed by atoms with Crippen molar-refractivity contribution in [1.29, 1.82) is 0 Å². The number of rotatable bonds is 2. The highest BCUT2D eigenvalue weighted by molar-refractivity contribution is 6.18. The van der Waals surface area contributed by atoms with E-state index >= 15 is 0 Å². The van der Waals surface area contributed by atoms with Crippen molar-refractivity contribution >= 4 is 11.6 Å². The molecule has 1 unspecified atom stereocenters. The summed E-state index contributed by atoms with van der Waals surface area (Å²) in [5.41, 5.74) is -0.0677. The van der Waals surface area contributed by atoms with Crippen LogP contribution in [0, 0.1) is 5.41 Å². The molecule has 0 bridgehead atoms. The topological polar surface area (TPSA) is 29.5 Å². The van der Waals surface area contributed by atoms with Gasteiger partial charge in [0.05, 0.1) is 19.3 Å². The van der Waals surface area contributed by atoms with E-state index in [1.165, 1.54) is 0 Å². The quantitative estimate of drug-likeness (QED) is 0.585. The summed E-state index contributed by atoms with van der Waals surface area (Å²) in [4.78, 5) is 0. The van der Waals surface area contributed by atoms with Crippen LogP contribution in [0.15, 0.2) is 0 Å². The van der Waals surface area contributed by atoms with Crippen LogP contribution >= 0.6 is 11.6 Å². The van der Waals surface area contributed by atoms with E-state index in [2.05, 4.69) is 0 Å². The van der Waals surface area contributed by atoms with E-state index in [9.17, 15) is 5.11 Å². The monoisotopic (exact) mass is 150 g/mol. The Morgan fingerprint density at radius 2 is 2.33 bits per heavy atom. The standard InChI is InChI=1S/C6H11ClO2/c1-6(3-9-4-6)5(8)2-7/h5,8H,2-4H2,1H3. The maximum Gasteiger partial charge on any atom is 0.0773 e. The molecule has 0 aromatic heterocycles. The molecular weight excluding hydrogens is 140 g/mol. The van der Waals surface area contributed by atoms with Crippen LogP contribution in [0.25, 0.3) is 0 Å². The highest BCUT2D eigenvalue weighted by atomic mass is 35.5. The van der Waals surface area contributed by atoms with Gasteiger partial charge < -0.3 is 9.84 Å². The molecule has 0 saturated carbocycles. The van der Waals surface area contributed by atoms with Gasteiger partial charge in [-0.25, -0.2) is 0 Å². The van der Waals surface area contributed by atoms with Gasteiger partial charge in [-0.3, -0.25) is 0 Å². The summed E-state index contributed by atoms with van der Waals surface area (Å²) >= 11 is 5.44. The number of hydrogen-bond acceptors (Lipinski definition) is 2. The van der Waals surface area contributed by atoms with Gasteiger partial charge in [0.2, 0.25) is 0 Å². The summed E-state index contributed by atoms with van der Waals surface area (Å²) in [7, 11) is 0. The Kier molecular flexibility index (Phi) is 1.99. The highest BCUT2D eigenvalue weighted by Gasteiger charge is 2.39. The maximum absolute atomic E-state index is 9.22. The zero-order chi connectivity index (χ0) is 6.91. The minimum absolute atomic E-state index is 0.0677. The molecule has 0 aromatic carbocycles. The van der Waals surface area contributed by atoms with Crippen molar-refractivity contribution in [2.45, 2.75) is 13.0 Å². The van der Waals surface area contributed by atoms with Crippen molar-refractivity contribution < 1.29 is 9.84 Å². The van der Waals surface area contributed by atoms with Crippen molar-refractivity contribution in [1.82, 2.24) is 0 Å². The first-order valence-corrected chi connectivity index (χ1v) is 3.54. The average Bonchev–Trinajstić information content (AvgIpc) is 1.81. The van der Waals surface area contributed by atoms with Crippen molar-refractivity contribution in [3.05, 3.63) is 0 Å². The highest BCUT2D eigenvalue weighted by Crippen LogP contribution is 2.30. The van der Waals surface area contributed by atoms with E-state index in [4.69, 9.17) is 16.3 Å². The van der Waals surface area contributed by atoms with Gasteiger partial charge in [-0.05, 0) is 0 Å². The van der Waals surface area contributed by atoms with Gasteiger partial charge in [0.15, 0.2) is 0 Å². The number of alkyl halides is 1. The molecule has 1 aliphatic rings. The predicted molar refractivity (Wildman–Crippen MR) is 35.7 cm³/mol. The number of halogens is 1. The number of ether oxygens (including phenoxy) is 1. The van der Waals surface area contributed by atoms with Crippen LogP contribution in [-0.4, -0.2) is 30.3 Å². The van der Waals surface area contributed by atoms with Gasteiger partial charge in [0.1, 0.15) is 0 Å². The fourth-order valence-corrected chi connectivity index (χ4v) is 1.18. The van der Waals surface area contributed by atoms with Crippen LogP contribution < -0.4 is 0 Å². The fraction of sp³-hybridized carbons (Fsp3) is 1.00. The van der Waals surface area contributed by atoms with E-state index in [0.29, 0.717) is 19.1 Å². The van der Waals surface area contributed by atoms with Gasteiger partial charge >= 0.3 is 0 Å². The summed E-state index contributed by atoms with van der Waals surface area (Å²) in [6.45, 7) is 3.26. The molecule has 1 fully saturated rings. The SMILES string of the molecule is CC1(C(O)CCl)COC1. The summed E-state index contributed by atoms with van der Waals surface area (Å²) < 4.78 is 4.94. The normalized spacial score (nSPS) is 27.0. The van der Waals surface area contributed by atoms with Gasteiger partial charge in [-0.15, -0.1) is 11.6 Å². The lowest BCUT2D eigenvalue weighted by Gasteiger charge is -2.41. The molecule has 2 nitrogen and oxygen atoms in total. The molecule has 54 valence electrons. The second-order valence-corrected chi connectivity index (χ2v) is 3.13. The Hall–Kier alpha value is 0.210. The lowest BCUT2D eigenvalue weighted by Crippen LogP contribution is -2.49. The minimum atomic E-state index is -0.409. The average molecular weight is 151 g/mol. The lowest BCUT2D eigenvalue weighted by molar-refractivity contribution is -0.154. The van der Waals surface area contributed by atoms with Crippen LogP contribution in [0.5, 0.6) is 0 Å². The molecule has 0 amide bonds. The van der Waals surface area contributed by atoms with E-state index < -0.39 is 6.10 Å². The van der Waals surface area contributed by atoms with Gasteiger partial charge in [-0.2, -0.15) is 0 Å². The largest absolute Gasteiger partial charge is 0.391 e. The Labute approximate surface area is 59.8 Å². The van der Waals surface area contributed by atoms with Crippen LogP contribution in [0.1, 0.15) is 6.92 Å². The maximum atomic E-state index is 9.22. The Morgan fingerprint density at radius 1 is 1.78 bits per heavy atom. The van der Waals surface area contributed by atoms with Crippen molar-refractivity contribution in [2.24, 2.45) is 5.41 Å². The zero-order valence-corrected chi connectivity index (χ0v) is 6.19. The molecule has 9 heavy (non-hydrogen) atoms. The predicted octanol–water partition coefficient (Wildman–Crippen LogP) is 0.623. The molecule has 1 atom stereocenters. The summed E-state index contributed by atoms with van der Waals surface area (Å²) in [5, 5.41) is 9.22. The third kappa shape index (κ3) is 1.20. The zero-order valence-electron chi connectivity index (χ0n) is 5.43. The van der Waals surface area contributed by atoms with Gasteiger partial charge in [0.25, 0.3) is 0 Å². The second-order valence-electron chi connectivity index (χ2n) is 2.82. The molecule has 0 aliphatic carbocycles. The Balaban J connectivity index is 2.38. The number of aliphatic hydroxyl groups excluding tert-OH is 1. The minimum Gasteiger partial charge on any atom is -0.391 e. The van der Waals surface area contributed by atoms with Crippen molar-refractivity contribution in [2.75, 3.05) is 19.1 Å². The molecule has 0 aromatic rings. The smallest absolute Gasteiger partial charge is 0.0773 e. The first-order valence-electron chi connectivity index (χ1n) is 3.01. The van der Waals surface area contributed by atoms with Gasteiger partial charge in [-0.1, -0.05) is 6.92 Å². The van der Waals surface area contributed by atoms with Crippen molar-refractivity contribution in [3.8, 4) is 0 Å². The van der Waals surface area contributed by atoms with Gasteiger partial charge in [0, 0.05) is 11.3 Å². The van der Waals surface area contributed by atoms with E-state index in [0.717, 1.165) is 0 Å². The molecule has 0 spiro atoms. The summed E-state index contributed by atoms with van der Waals surface area (Å²) in [5.74, 6) is 0.305.